The highest BCUT2D eigenvalue weighted by molar-refractivity contribution is 6.08. The van der Waals surface area contributed by atoms with Crippen LogP contribution in [-0.4, -0.2) is 37.1 Å². The number of nitrogens with one attached hydrogen (secondary N) is 1. The minimum Gasteiger partial charge on any atom is -0.493 e. The summed E-state index contributed by atoms with van der Waals surface area (Å²) in [5.74, 6) is 1.72. The van der Waals surface area contributed by atoms with E-state index in [4.69, 9.17) is 14.2 Å². The predicted octanol–water partition coefficient (Wildman–Crippen LogP) is 4.28. The molecule has 3 aromatic rings. The van der Waals surface area contributed by atoms with Crippen molar-refractivity contribution < 1.29 is 19.0 Å². The molecule has 3 rings (SSSR count). The second-order valence-electron chi connectivity index (χ2n) is 5.75. The molecule has 0 aliphatic carbocycles. The number of rotatable bonds is 6. The van der Waals surface area contributed by atoms with Gasteiger partial charge in [-0.25, -0.2) is 4.98 Å². The lowest BCUT2D eigenvalue weighted by Crippen LogP contribution is -2.04. The van der Waals surface area contributed by atoms with E-state index < -0.39 is 0 Å². The molecule has 0 radical (unpaired) electrons. The first-order valence-electron chi connectivity index (χ1n) is 8.04. The number of ketones is 1. The third-order valence-electron chi connectivity index (χ3n) is 4.07. The molecular weight excluding hydrogens is 344 g/mol. The number of benzene rings is 2. The second-order valence-corrected chi connectivity index (χ2v) is 5.75. The van der Waals surface area contributed by atoms with Crippen molar-refractivity contribution in [2.24, 2.45) is 0 Å². The molecule has 0 spiro atoms. The number of carbonyl (C=O) groups is 1. The Kier molecular flexibility index (Phi) is 6.23. The number of ether oxygens (including phenoxy) is 3. The summed E-state index contributed by atoms with van der Waals surface area (Å²) in [7, 11) is 4.54. The number of hydrogen-bond donors (Lipinski definition) is 1. The number of aromatic nitrogens is 2. The molecule has 0 atom stereocenters. The molecule has 0 unspecified atom stereocenters. The van der Waals surface area contributed by atoms with Crippen molar-refractivity contribution in [1.29, 1.82) is 0 Å². The van der Waals surface area contributed by atoms with E-state index in [9.17, 15) is 4.79 Å². The monoisotopic (exact) mass is 368 g/mol. The molecule has 2 aromatic carbocycles. The lowest BCUT2D eigenvalue weighted by atomic mass is 10.1. The highest BCUT2D eigenvalue weighted by atomic mass is 16.5. The molecule has 1 N–H and O–H groups in total. The topological polar surface area (TPSA) is 73.4 Å². The first-order valence-corrected chi connectivity index (χ1v) is 8.04. The summed E-state index contributed by atoms with van der Waals surface area (Å²) in [6.07, 6.45) is 1.53. The number of nitrogens with zero attached hydrogens (tertiary/aromatic N) is 1. The molecule has 1 heterocycles. The van der Waals surface area contributed by atoms with Gasteiger partial charge in [0, 0.05) is 11.1 Å². The van der Waals surface area contributed by atoms with Crippen molar-refractivity contribution >= 4 is 5.78 Å². The summed E-state index contributed by atoms with van der Waals surface area (Å²) in [5.41, 5.74) is 2.88. The van der Waals surface area contributed by atoms with Crippen molar-refractivity contribution in [3.63, 3.8) is 0 Å². The molecule has 0 fully saturated rings. The molecule has 142 valence electrons. The van der Waals surface area contributed by atoms with E-state index in [0.29, 0.717) is 34.3 Å². The quantitative estimate of drug-likeness (QED) is 0.658. The van der Waals surface area contributed by atoms with Gasteiger partial charge >= 0.3 is 0 Å². The van der Waals surface area contributed by atoms with E-state index in [1.54, 1.807) is 12.1 Å². The lowest BCUT2D eigenvalue weighted by Gasteiger charge is -2.13. The Balaban J connectivity index is 0.00000261. The average molecular weight is 368 g/mol. The van der Waals surface area contributed by atoms with Crippen LogP contribution in [-0.2, 0) is 0 Å². The lowest BCUT2D eigenvalue weighted by molar-refractivity contribution is 0.103. The SMILES string of the molecule is C.COc1cc(C(=O)c2cnc(-c3ccc(C)cc3)[nH]2)cc(OC)c1OC. The summed E-state index contributed by atoms with van der Waals surface area (Å²) < 4.78 is 15.9. The Morgan fingerprint density at radius 3 is 2.07 bits per heavy atom. The van der Waals surface area contributed by atoms with Crippen LogP contribution in [0, 0.1) is 6.92 Å². The van der Waals surface area contributed by atoms with Crippen molar-refractivity contribution in [2.75, 3.05) is 21.3 Å². The van der Waals surface area contributed by atoms with Crippen LogP contribution in [0.2, 0.25) is 0 Å². The first kappa shape index (κ1) is 20.0. The summed E-state index contributed by atoms with van der Waals surface area (Å²) in [6.45, 7) is 2.02. The molecule has 0 aliphatic rings. The Hall–Kier alpha value is -3.28. The van der Waals surface area contributed by atoms with Crippen LogP contribution in [0.25, 0.3) is 11.4 Å². The van der Waals surface area contributed by atoms with Gasteiger partial charge in [-0.1, -0.05) is 37.3 Å². The van der Waals surface area contributed by atoms with Crippen LogP contribution in [0.1, 0.15) is 29.0 Å². The number of methoxy groups -OCH3 is 3. The van der Waals surface area contributed by atoms with Gasteiger partial charge in [0.1, 0.15) is 11.5 Å². The number of aromatic amines is 1. The molecular formula is C21H24N2O4. The Morgan fingerprint density at radius 1 is 0.963 bits per heavy atom. The minimum atomic E-state index is -0.213. The fourth-order valence-electron chi connectivity index (χ4n) is 2.66. The summed E-state index contributed by atoms with van der Waals surface area (Å²) in [5, 5.41) is 0. The first-order chi connectivity index (χ1) is 12.6. The van der Waals surface area contributed by atoms with Crippen LogP contribution in [0.3, 0.4) is 0 Å². The normalized spacial score (nSPS) is 10.1. The zero-order valence-electron chi connectivity index (χ0n) is 15.1. The highest BCUT2D eigenvalue weighted by Crippen LogP contribution is 2.38. The van der Waals surface area contributed by atoms with E-state index >= 15 is 0 Å². The van der Waals surface area contributed by atoms with Gasteiger partial charge in [0.05, 0.1) is 27.5 Å². The Bertz CT molecular complexity index is 905. The van der Waals surface area contributed by atoms with Gasteiger partial charge in [-0.2, -0.15) is 0 Å². The van der Waals surface area contributed by atoms with Crippen LogP contribution < -0.4 is 14.2 Å². The van der Waals surface area contributed by atoms with Crippen LogP contribution in [0.15, 0.2) is 42.6 Å². The van der Waals surface area contributed by atoms with Gasteiger partial charge in [0.15, 0.2) is 11.5 Å². The number of carbonyl (C=O) groups excluding carboxylic acids is 1. The van der Waals surface area contributed by atoms with Gasteiger partial charge < -0.3 is 19.2 Å². The maximum atomic E-state index is 12.9. The smallest absolute Gasteiger partial charge is 0.211 e. The zero-order chi connectivity index (χ0) is 18.7. The Labute approximate surface area is 159 Å². The van der Waals surface area contributed by atoms with Crippen molar-refractivity contribution in [1.82, 2.24) is 9.97 Å². The van der Waals surface area contributed by atoms with Crippen LogP contribution in [0.4, 0.5) is 0 Å². The molecule has 27 heavy (non-hydrogen) atoms. The summed E-state index contributed by atoms with van der Waals surface area (Å²) >= 11 is 0. The standard InChI is InChI=1S/C20H20N2O4.CH4/c1-12-5-7-13(8-6-12)20-21-11-15(22-20)18(23)14-9-16(24-2)19(26-4)17(10-14)25-3;/h5-11H,1-4H3,(H,21,22);1H4. The second kappa shape index (κ2) is 8.40. The van der Waals surface area contributed by atoms with Crippen molar-refractivity contribution in [2.45, 2.75) is 14.4 Å². The maximum absolute atomic E-state index is 12.9. The van der Waals surface area contributed by atoms with Gasteiger partial charge in [-0.3, -0.25) is 4.79 Å². The molecule has 0 bridgehead atoms. The van der Waals surface area contributed by atoms with Gasteiger partial charge in [0.2, 0.25) is 11.5 Å². The minimum absolute atomic E-state index is 0. The summed E-state index contributed by atoms with van der Waals surface area (Å²) in [6, 6.07) is 11.2. The molecule has 0 amide bonds. The van der Waals surface area contributed by atoms with E-state index in [-0.39, 0.29) is 13.2 Å². The zero-order valence-corrected chi connectivity index (χ0v) is 15.1. The molecule has 6 nitrogen and oxygen atoms in total. The number of hydrogen-bond acceptors (Lipinski definition) is 5. The maximum Gasteiger partial charge on any atom is 0.211 e. The third kappa shape index (κ3) is 3.95. The van der Waals surface area contributed by atoms with Gasteiger partial charge in [-0.05, 0) is 19.1 Å². The van der Waals surface area contributed by atoms with E-state index in [1.165, 1.54) is 27.5 Å². The summed E-state index contributed by atoms with van der Waals surface area (Å²) in [4.78, 5) is 20.3. The average Bonchev–Trinajstić information content (AvgIpc) is 3.16. The number of imidazole rings is 1. The van der Waals surface area contributed by atoms with Crippen molar-refractivity contribution in [3.8, 4) is 28.6 Å². The molecule has 6 heteroatoms. The predicted molar refractivity (Wildman–Crippen MR) is 105 cm³/mol. The Morgan fingerprint density at radius 2 is 1.56 bits per heavy atom. The highest BCUT2D eigenvalue weighted by Gasteiger charge is 2.19. The van der Waals surface area contributed by atoms with E-state index in [0.717, 1.165) is 11.1 Å². The van der Waals surface area contributed by atoms with Crippen LogP contribution >= 0.6 is 0 Å². The fourth-order valence-corrected chi connectivity index (χ4v) is 2.66. The number of aryl methyl sites for hydroxylation is 1. The fraction of sp³-hybridized carbons (Fsp3) is 0.238. The number of H-pyrrole nitrogens is 1. The third-order valence-corrected chi connectivity index (χ3v) is 4.07. The van der Waals surface area contributed by atoms with E-state index in [2.05, 4.69) is 9.97 Å². The molecule has 0 aliphatic heterocycles. The largest absolute Gasteiger partial charge is 0.493 e. The molecule has 0 saturated heterocycles. The van der Waals surface area contributed by atoms with Gasteiger partial charge in [-0.15, -0.1) is 0 Å². The molecule has 1 aromatic heterocycles. The van der Waals surface area contributed by atoms with E-state index in [1.807, 2.05) is 31.2 Å². The molecule has 0 saturated carbocycles. The van der Waals surface area contributed by atoms with Gasteiger partial charge in [0.25, 0.3) is 0 Å². The van der Waals surface area contributed by atoms with Crippen LogP contribution in [0.5, 0.6) is 17.2 Å². The van der Waals surface area contributed by atoms with Crippen molar-refractivity contribution in [3.05, 3.63) is 59.4 Å².